The molecule has 26 heavy (non-hydrogen) atoms. The van der Waals surface area contributed by atoms with Crippen LogP contribution in [0.1, 0.15) is 26.7 Å². The first-order valence-corrected chi connectivity index (χ1v) is 9.09. The Balaban J connectivity index is 1.48. The molecule has 0 aliphatic carbocycles. The van der Waals surface area contributed by atoms with Crippen LogP contribution in [0.25, 0.3) is 0 Å². The third kappa shape index (κ3) is 3.05. The van der Waals surface area contributed by atoms with Gasteiger partial charge in [-0.25, -0.2) is 4.98 Å². The van der Waals surface area contributed by atoms with E-state index in [4.69, 9.17) is 0 Å². The van der Waals surface area contributed by atoms with Crippen molar-refractivity contribution in [2.24, 2.45) is 0 Å². The number of fused-ring (bicyclic) bond motifs is 1. The number of amides is 1. The van der Waals surface area contributed by atoms with Crippen molar-refractivity contribution < 1.29 is 4.79 Å². The minimum atomic E-state index is -0.557. The van der Waals surface area contributed by atoms with Crippen LogP contribution in [-0.4, -0.2) is 40.5 Å². The second-order valence-electron chi connectivity index (χ2n) is 7.23. The summed E-state index contributed by atoms with van der Waals surface area (Å²) in [7, 11) is 0. The van der Waals surface area contributed by atoms with Gasteiger partial charge in [-0.05, 0) is 44.9 Å². The van der Waals surface area contributed by atoms with Crippen LogP contribution in [0.4, 0.5) is 23.1 Å². The zero-order valence-electron chi connectivity index (χ0n) is 15.1. The van der Waals surface area contributed by atoms with Crippen LogP contribution in [0.5, 0.6) is 0 Å². The van der Waals surface area contributed by atoms with Crippen molar-refractivity contribution in [3.05, 3.63) is 36.5 Å². The summed E-state index contributed by atoms with van der Waals surface area (Å²) in [6.45, 7) is 5.62. The third-order valence-corrected chi connectivity index (χ3v) is 4.96. The Kier molecular flexibility index (Phi) is 4.14. The minimum absolute atomic E-state index is 0.0481. The van der Waals surface area contributed by atoms with Gasteiger partial charge >= 0.3 is 0 Å². The Bertz CT molecular complexity index is 813. The molecule has 0 unspecified atom stereocenters. The molecule has 1 saturated heterocycles. The third-order valence-electron chi connectivity index (χ3n) is 4.96. The van der Waals surface area contributed by atoms with Crippen molar-refractivity contribution in [1.82, 2.24) is 9.97 Å². The summed E-state index contributed by atoms with van der Waals surface area (Å²) in [5, 5.41) is 9.83. The van der Waals surface area contributed by atoms with E-state index in [-0.39, 0.29) is 5.91 Å². The summed E-state index contributed by atoms with van der Waals surface area (Å²) < 4.78 is 0. The first-order chi connectivity index (χ1) is 12.6. The van der Waals surface area contributed by atoms with Crippen LogP contribution < -0.4 is 20.9 Å². The van der Waals surface area contributed by atoms with E-state index < -0.39 is 5.54 Å². The van der Waals surface area contributed by atoms with E-state index in [0.717, 1.165) is 30.3 Å². The molecular weight excluding hydrogens is 328 g/mol. The van der Waals surface area contributed by atoms with E-state index in [0.29, 0.717) is 24.8 Å². The van der Waals surface area contributed by atoms with Gasteiger partial charge in [0.15, 0.2) is 0 Å². The SMILES string of the molecule is CC(C)Nc1ccnc(N2CCC3(CC2)Nc2ccccc2NC3=O)n1. The Hall–Kier alpha value is -2.83. The van der Waals surface area contributed by atoms with Crippen molar-refractivity contribution in [1.29, 1.82) is 0 Å². The van der Waals surface area contributed by atoms with Gasteiger partial charge in [0.25, 0.3) is 0 Å². The van der Waals surface area contributed by atoms with E-state index in [1.54, 1.807) is 6.20 Å². The van der Waals surface area contributed by atoms with Crippen LogP contribution >= 0.6 is 0 Å². The molecule has 0 atom stereocenters. The smallest absolute Gasteiger partial charge is 0.250 e. The van der Waals surface area contributed by atoms with Crippen molar-refractivity contribution in [2.45, 2.75) is 38.3 Å². The molecule has 0 bridgehead atoms. The number of benzene rings is 1. The monoisotopic (exact) mass is 352 g/mol. The van der Waals surface area contributed by atoms with Gasteiger partial charge in [-0.15, -0.1) is 0 Å². The molecule has 1 aromatic carbocycles. The number of aromatic nitrogens is 2. The highest BCUT2D eigenvalue weighted by atomic mass is 16.2. The molecule has 0 saturated carbocycles. The molecule has 0 radical (unpaired) electrons. The highest BCUT2D eigenvalue weighted by molar-refractivity contribution is 6.06. The fourth-order valence-electron chi connectivity index (χ4n) is 3.58. The number of piperidine rings is 1. The predicted octanol–water partition coefficient (Wildman–Crippen LogP) is 2.70. The van der Waals surface area contributed by atoms with Crippen LogP contribution in [0.3, 0.4) is 0 Å². The number of rotatable bonds is 3. The van der Waals surface area contributed by atoms with Crippen molar-refractivity contribution in [3.63, 3.8) is 0 Å². The first kappa shape index (κ1) is 16.6. The Labute approximate surface area is 153 Å². The molecule has 3 heterocycles. The fraction of sp³-hybridized carbons (Fsp3) is 0.421. The normalized spacial score (nSPS) is 18.3. The van der Waals surface area contributed by atoms with Crippen molar-refractivity contribution >= 4 is 29.0 Å². The van der Waals surface area contributed by atoms with Crippen LogP contribution in [0.15, 0.2) is 36.5 Å². The lowest BCUT2D eigenvalue weighted by Gasteiger charge is -2.44. The van der Waals surface area contributed by atoms with Crippen molar-refractivity contribution in [2.75, 3.05) is 33.9 Å². The van der Waals surface area contributed by atoms with Gasteiger partial charge in [0.05, 0.1) is 11.4 Å². The summed E-state index contributed by atoms with van der Waals surface area (Å²) in [4.78, 5) is 23.9. The summed E-state index contributed by atoms with van der Waals surface area (Å²) >= 11 is 0. The molecule has 7 nitrogen and oxygen atoms in total. The zero-order valence-corrected chi connectivity index (χ0v) is 15.1. The standard InChI is InChI=1S/C19H24N6O/c1-13(2)21-16-7-10-20-18(23-16)25-11-8-19(9-12-25)17(26)22-14-5-3-4-6-15(14)24-19/h3-7,10,13,24H,8-9,11-12H2,1-2H3,(H,22,26)(H,20,21,23). The highest BCUT2D eigenvalue weighted by Gasteiger charge is 2.44. The summed E-state index contributed by atoms with van der Waals surface area (Å²) in [6.07, 6.45) is 3.19. The van der Waals surface area contributed by atoms with Crippen LogP contribution in [0.2, 0.25) is 0 Å². The number of nitrogens with zero attached hydrogens (tertiary/aromatic N) is 3. The molecule has 2 aromatic rings. The van der Waals surface area contributed by atoms with Gasteiger partial charge in [0.2, 0.25) is 11.9 Å². The lowest BCUT2D eigenvalue weighted by Crippen LogP contribution is -2.58. The van der Waals surface area contributed by atoms with E-state index in [9.17, 15) is 4.79 Å². The van der Waals surface area contributed by atoms with Gasteiger partial charge in [-0.3, -0.25) is 4.79 Å². The number of carbonyl (C=O) groups excluding carboxylic acids is 1. The van der Waals surface area contributed by atoms with E-state index >= 15 is 0 Å². The molecule has 136 valence electrons. The average Bonchev–Trinajstić information content (AvgIpc) is 2.63. The fourth-order valence-corrected chi connectivity index (χ4v) is 3.58. The van der Waals surface area contributed by atoms with Gasteiger partial charge in [-0.2, -0.15) is 4.98 Å². The van der Waals surface area contributed by atoms with Gasteiger partial charge < -0.3 is 20.9 Å². The summed E-state index contributed by atoms with van der Waals surface area (Å²) in [5.74, 6) is 1.59. The number of anilines is 4. The van der Waals surface area contributed by atoms with Crippen LogP contribution in [-0.2, 0) is 4.79 Å². The lowest BCUT2D eigenvalue weighted by molar-refractivity contribution is -0.121. The molecule has 2 aliphatic heterocycles. The Morgan fingerprint density at radius 1 is 1.15 bits per heavy atom. The molecule has 1 fully saturated rings. The molecule has 3 N–H and O–H groups in total. The molecule has 2 aliphatic rings. The molecule has 4 rings (SSSR count). The minimum Gasteiger partial charge on any atom is -0.369 e. The van der Waals surface area contributed by atoms with E-state index in [1.807, 2.05) is 30.3 Å². The number of para-hydroxylation sites is 2. The number of nitrogens with one attached hydrogen (secondary N) is 3. The molecule has 1 amide bonds. The number of hydrogen-bond donors (Lipinski definition) is 3. The van der Waals surface area contributed by atoms with E-state index in [1.165, 1.54) is 0 Å². The molecule has 1 spiro atoms. The summed E-state index contributed by atoms with van der Waals surface area (Å²) in [5.41, 5.74) is 1.28. The zero-order chi connectivity index (χ0) is 18.1. The first-order valence-electron chi connectivity index (χ1n) is 9.09. The van der Waals surface area contributed by atoms with Gasteiger partial charge in [-0.1, -0.05) is 12.1 Å². The average molecular weight is 352 g/mol. The second-order valence-corrected chi connectivity index (χ2v) is 7.23. The van der Waals surface area contributed by atoms with Gasteiger partial charge in [0.1, 0.15) is 11.4 Å². The Morgan fingerprint density at radius 3 is 2.62 bits per heavy atom. The molecular formula is C19H24N6O. The lowest BCUT2D eigenvalue weighted by atomic mass is 9.84. The number of hydrogen-bond acceptors (Lipinski definition) is 6. The van der Waals surface area contributed by atoms with Crippen molar-refractivity contribution in [3.8, 4) is 0 Å². The maximum atomic E-state index is 12.7. The topological polar surface area (TPSA) is 82.2 Å². The molecule has 7 heteroatoms. The maximum absolute atomic E-state index is 12.7. The quantitative estimate of drug-likeness (QED) is 0.788. The van der Waals surface area contributed by atoms with Crippen LogP contribution in [0, 0.1) is 0 Å². The maximum Gasteiger partial charge on any atom is 0.250 e. The van der Waals surface area contributed by atoms with Gasteiger partial charge in [0, 0.05) is 25.3 Å². The number of carbonyl (C=O) groups is 1. The van der Waals surface area contributed by atoms with E-state index in [2.05, 4.69) is 44.7 Å². The summed E-state index contributed by atoms with van der Waals surface area (Å²) in [6, 6.07) is 10.0. The Morgan fingerprint density at radius 2 is 1.88 bits per heavy atom. The second kappa shape index (κ2) is 6.48. The largest absolute Gasteiger partial charge is 0.369 e. The highest BCUT2D eigenvalue weighted by Crippen LogP contribution is 2.36. The predicted molar refractivity (Wildman–Crippen MR) is 104 cm³/mol. The molecule has 1 aromatic heterocycles.